The standard InChI is InChI=1S/C21H25FN2O/c1-21(2)14-16-6-7-17(22)13-19(16)23-20(21)15-4-3-5-18(12-15)24-8-10-25-11-9-24/h3-7,12-13,20,23H,8-11,14H2,1-2H3. The van der Waals surface area contributed by atoms with E-state index in [2.05, 4.69) is 48.3 Å². The number of ether oxygens (including phenoxy) is 1. The summed E-state index contributed by atoms with van der Waals surface area (Å²) in [5, 5.41) is 3.59. The van der Waals surface area contributed by atoms with Crippen molar-refractivity contribution in [2.24, 2.45) is 5.41 Å². The third-order valence-corrected chi connectivity index (χ3v) is 5.38. The SMILES string of the molecule is CC1(C)Cc2ccc(F)cc2NC1c1cccc(N2CCOCC2)c1. The van der Waals surface area contributed by atoms with Crippen molar-refractivity contribution in [3.63, 3.8) is 0 Å². The highest BCUT2D eigenvalue weighted by Crippen LogP contribution is 2.45. The third-order valence-electron chi connectivity index (χ3n) is 5.38. The molecule has 0 aromatic heterocycles. The van der Waals surface area contributed by atoms with Crippen LogP contribution in [-0.2, 0) is 11.2 Å². The number of morpholine rings is 1. The summed E-state index contributed by atoms with van der Waals surface area (Å²) in [6.45, 7) is 7.98. The van der Waals surface area contributed by atoms with Gasteiger partial charge in [0, 0.05) is 24.5 Å². The minimum absolute atomic E-state index is 0.0501. The molecule has 25 heavy (non-hydrogen) atoms. The highest BCUT2D eigenvalue weighted by Gasteiger charge is 2.36. The summed E-state index contributed by atoms with van der Waals surface area (Å²) in [5.41, 5.74) is 4.65. The molecule has 0 spiro atoms. The lowest BCUT2D eigenvalue weighted by Crippen LogP contribution is -2.37. The molecule has 2 aliphatic heterocycles. The van der Waals surface area contributed by atoms with Crippen molar-refractivity contribution in [1.29, 1.82) is 0 Å². The van der Waals surface area contributed by atoms with Crippen molar-refractivity contribution in [2.45, 2.75) is 26.3 Å². The number of halogens is 1. The third kappa shape index (κ3) is 3.23. The molecule has 2 heterocycles. The van der Waals surface area contributed by atoms with Crippen molar-refractivity contribution in [3.05, 3.63) is 59.4 Å². The molecule has 2 aromatic carbocycles. The molecule has 0 bridgehead atoms. The Morgan fingerprint density at radius 2 is 1.92 bits per heavy atom. The van der Waals surface area contributed by atoms with E-state index in [0.29, 0.717) is 0 Å². The predicted molar refractivity (Wildman–Crippen MR) is 99.7 cm³/mol. The Balaban J connectivity index is 1.66. The fraction of sp³-hybridized carbons (Fsp3) is 0.429. The highest BCUT2D eigenvalue weighted by molar-refractivity contribution is 5.58. The first-order valence-corrected chi connectivity index (χ1v) is 9.00. The van der Waals surface area contributed by atoms with E-state index in [0.717, 1.165) is 38.4 Å². The van der Waals surface area contributed by atoms with Crippen LogP contribution in [0.15, 0.2) is 42.5 Å². The fourth-order valence-corrected chi connectivity index (χ4v) is 4.04. The molecule has 1 atom stereocenters. The van der Waals surface area contributed by atoms with Gasteiger partial charge in [0.2, 0.25) is 0 Å². The first-order valence-electron chi connectivity index (χ1n) is 9.00. The van der Waals surface area contributed by atoms with E-state index < -0.39 is 0 Å². The van der Waals surface area contributed by atoms with Gasteiger partial charge in [0.25, 0.3) is 0 Å². The average molecular weight is 340 g/mol. The van der Waals surface area contributed by atoms with Gasteiger partial charge in [0.05, 0.1) is 19.3 Å². The Bertz CT molecular complexity index is 768. The Kier molecular flexibility index (Phi) is 4.16. The zero-order chi connectivity index (χ0) is 17.4. The smallest absolute Gasteiger partial charge is 0.125 e. The minimum Gasteiger partial charge on any atom is -0.378 e. The minimum atomic E-state index is -0.188. The van der Waals surface area contributed by atoms with Crippen LogP contribution in [0.25, 0.3) is 0 Å². The van der Waals surface area contributed by atoms with Gasteiger partial charge in [-0.3, -0.25) is 0 Å². The van der Waals surface area contributed by atoms with Crippen LogP contribution < -0.4 is 10.2 Å². The van der Waals surface area contributed by atoms with Gasteiger partial charge in [-0.2, -0.15) is 0 Å². The molecule has 1 unspecified atom stereocenters. The van der Waals surface area contributed by atoms with E-state index in [4.69, 9.17) is 4.74 Å². The number of hydrogen-bond donors (Lipinski definition) is 1. The van der Waals surface area contributed by atoms with Gasteiger partial charge in [0.1, 0.15) is 5.82 Å². The van der Waals surface area contributed by atoms with Gasteiger partial charge in [-0.15, -0.1) is 0 Å². The summed E-state index contributed by atoms with van der Waals surface area (Å²) in [7, 11) is 0. The topological polar surface area (TPSA) is 24.5 Å². The summed E-state index contributed by atoms with van der Waals surface area (Å²) < 4.78 is 19.1. The lowest BCUT2D eigenvalue weighted by Gasteiger charge is -2.41. The van der Waals surface area contributed by atoms with Gasteiger partial charge in [-0.25, -0.2) is 4.39 Å². The molecule has 1 saturated heterocycles. The van der Waals surface area contributed by atoms with Gasteiger partial charge in [-0.05, 0) is 47.2 Å². The molecule has 2 aliphatic rings. The maximum atomic E-state index is 13.7. The maximum Gasteiger partial charge on any atom is 0.125 e. The first-order chi connectivity index (χ1) is 12.0. The highest BCUT2D eigenvalue weighted by atomic mass is 19.1. The molecule has 0 aliphatic carbocycles. The molecule has 1 N–H and O–H groups in total. The molecular formula is C21H25FN2O. The summed E-state index contributed by atoms with van der Waals surface area (Å²) in [4.78, 5) is 2.37. The number of rotatable bonds is 2. The quantitative estimate of drug-likeness (QED) is 0.877. The predicted octanol–water partition coefficient (Wildman–Crippen LogP) is 4.40. The zero-order valence-electron chi connectivity index (χ0n) is 14.9. The number of nitrogens with one attached hydrogen (secondary N) is 1. The number of anilines is 2. The van der Waals surface area contributed by atoms with Crippen LogP contribution in [0.5, 0.6) is 0 Å². The van der Waals surface area contributed by atoms with Gasteiger partial charge in [0.15, 0.2) is 0 Å². The Morgan fingerprint density at radius 1 is 1.12 bits per heavy atom. The average Bonchev–Trinajstić information content (AvgIpc) is 2.62. The van der Waals surface area contributed by atoms with Crippen molar-refractivity contribution in [2.75, 3.05) is 36.5 Å². The Hall–Kier alpha value is -2.07. The second-order valence-corrected chi connectivity index (χ2v) is 7.74. The van der Waals surface area contributed by atoms with Crippen molar-refractivity contribution >= 4 is 11.4 Å². The Labute approximate surface area is 148 Å². The molecule has 132 valence electrons. The van der Waals surface area contributed by atoms with Gasteiger partial charge in [-0.1, -0.05) is 32.0 Å². The summed E-state index contributed by atoms with van der Waals surface area (Å²) in [6, 6.07) is 14.0. The van der Waals surface area contributed by atoms with Crippen molar-refractivity contribution < 1.29 is 9.13 Å². The van der Waals surface area contributed by atoms with E-state index in [9.17, 15) is 4.39 Å². The summed E-state index contributed by atoms with van der Waals surface area (Å²) in [5.74, 6) is -0.188. The van der Waals surface area contributed by atoms with Crippen LogP contribution >= 0.6 is 0 Å². The number of benzene rings is 2. The molecule has 0 amide bonds. The zero-order valence-corrected chi connectivity index (χ0v) is 14.9. The molecule has 4 rings (SSSR count). The maximum absolute atomic E-state index is 13.7. The van der Waals surface area contributed by atoms with Crippen LogP contribution in [0.1, 0.15) is 31.0 Å². The van der Waals surface area contributed by atoms with Crippen LogP contribution in [0, 0.1) is 11.2 Å². The molecular weight excluding hydrogens is 315 g/mol. The van der Waals surface area contributed by atoms with E-state index in [-0.39, 0.29) is 17.3 Å². The fourth-order valence-electron chi connectivity index (χ4n) is 4.04. The molecule has 2 aromatic rings. The monoisotopic (exact) mass is 340 g/mol. The summed E-state index contributed by atoms with van der Waals surface area (Å²) >= 11 is 0. The van der Waals surface area contributed by atoms with E-state index in [1.807, 2.05) is 6.07 Å². The van der Waals surface area contributed by atoms with E-state index >= 15 is 0 Å². The van der Waals surface area contributed by atoms with Crippen LogP contribution in [0.2, 0.25) is 0 Å². The number of hydrogen-bond acceptors (Lipinski definition) is 3. The molecule has 3 nitrogen and oxygen atoms in total. The lowest BCUT2D eigenvalue weighted by atomic mass is 9.73. The van der Waals surface area contributed by atoms with Crippen molar-refractivity contribution in [1.82, 2.24) is 0 Å². The molecule has 0 radical (unpaired) electrons. The largest absolute Gasteiger partial charge is 0.378 e. The van der Waals surface area contributed by atoms with Gasteiger partial charge < -0.3 is 15.0 Å². The van der Waals surface area contributed by atoms with Crippen LogP contribution in [0.3, 0.4) is 0 Å². The number of fused-ring (bicyclic) bond motifs is 1. The first kappa shape index (κ1) is 16.4. The van der Waals surface area contributed by atoms with Gasteiger partial charge >= 0.3 is 0 Å². The lowest BCUT2D eigenvalue weighted by molar-refractivity contribution is 0.122. The van der Waals surface area contributed by atoms with Crippen LogP contribution in [0.4, 0.5) is 15.8 Å². The second kappa shape index (κ2) is 6.34. The summed E-state index contributed by atoms with van der Waals surface area (Å²) in [6.07, 6.45) is 0.933. The second-order valence-electron chi connectivity index (χ2n) is 7.74. The van der Waals surface area contributed by atoms with Crippen molar-refractivity contribution in [3.8, 4) is 0 Å². The molecule has 0 saturated carbocycles. The van der Waals surface area contributed by atoms with E-state index in [1.165, 1.54) is 16.8 Å². The molecule has 1 fully saturated rings. The Morgan fingerprint density at radius 3 is 2.72 bits per heavy atom. The normalized spacial score (nSPS) is 22.2. The molecule has 4 heteroatoms. The van der Waals surface area contributed by atoms with E-state index in [1.54, 1.807) is 12.1 Å². The number of nitrogens with zero attached hydrogens (tertiary/aromatic N) is 1. The van der Waals surface area contributed by atoms with Crippen LogP contribution in [-0.4, -0.2) is 26.3 Å².